The van der Waals surface area contributed by atoms with Gasteiger partial charge in [0.25, 0.3) is 0 Å². The van der Waals surface area contributed by atoms with Crippen molar-refractivity contribution in [3.05, 3.63) is 0 Å². The SMILES string of the molecule is O=S(=O)(OC(C(F)(F)F)(C(F)(F)F)C(F)(F)F)C(F)(F)F. The fourth-order valence-electron chi connectivity index (χ4n) is 0.836. The molecule has 128 valence electrons. The van der Waals surface area contributed by atoms with Crippen LogP contribution in [-0.2, 0) is 14.3 Å². The van der Waals surface area contributed by atoms with Crippen molar-refractivity contribution < 1.29 is 65.3 Å². The van der Waals surface area contributed by atoms with Gasteiger partial charge in [-0.3, -0.25) is 0 Å². The fourth-order valence-corrected chi connectivity index (χ4v) is 1.54. The Morgan fingerprint density at radius 3 is 0.952 bits per heavy atom. The van der Waals surface area contributed by atoms with Crippen LogP contribution in [0.15, 0.2) is 0 Å². The molecule has 21 heavy (non-hydrogen) atoms. The van der Waals surface area contributed by atoms with Gasteiger partial charge in [-0.05, 0) is 0 Å². The summed E-state index contributed by atoms with van der Waals surface area (Å²) in [6, 6.07) is 0. The molecule has 0 aliphatic heterocycles. The summed E-state index contributed by atoms with van der Waals surface area (Å²) in [6.07, 6.45) is -22.8. The Kier molecular flexibility index (Phi) is 4.57. The summed E-state index contributed by atoms with van der Waals surface area (Å²) < 4.78 is 166. The van der Waals surface area contributed by atoms with Crippen LogP contribution in [-0.4, -0.2) is 38.1 Å². The molecule has 0 spiro atoms. The number of hydrogen-bond donors (Lipinski definition) is 0. The topological polar surface area (TPSA) is 43.4 Å². The molecule has 0 aromatic carbocycles. The highest BCUT2D eigenvalue weighted by atomic mass is 32.2. The molecule has 0 amide bonds. The van der Waals surface area contributed by atoms with Crippen molar-refractivity contribution in [2.45, 2.75) is 29.6 Å². The molecule has 0 aromatic heterocycles. The zero-order valence-corrected chi connectivity index (χ0v) is 9.49. The minimum atomic E-state index is -7.86. The second kappa shape index (κ2) is 4.79. The highest BCUT2D eigenvalue weighted by Crippen LogP contribution is 2.56. The van der Waals surface area contributed by atoms with Gasteiger partial charge in [0.2, 0.25) is 0 Å². The van der Waals surface area contributed by atoms with E-state index >= 15 is 0 Å². The van der Waals surface area contributed by atoms with Gasteiger partial charge in [0.1, 0.15) is 0 Å². The number of alkyl halides is 12. The molecule has 0 heterocycles. The molecule has 0 aliphatic carbocycles. The van der Waals surface area contributed by atoms with E-state index in [1.807, 2.05) is 0 Å². The first kappa shape index (κ1) is 20.1. The Labute approximate surface area is 106 Å². The number of hydrogen-bond acceptors (Lipinski definition) is 3. The molecule has 0 saturated carbocycles. The van der Waals surface area contributed by atoms with E-state index in [0.29, 0.717) is 0 Å². The molecule has 0 unspecified atom stereocenters. The van der Waals surface area contributed by atoms with Crippen molar-refractivity contribution in [2.75, 3.05) is 0 Å². The standard InChI is InChI=1S/C5F12O3S/c6-2(7,8)1(3(9,10)11,4(12,13)14)20-21(18,19)5(15,16)17. The van der Waals surface area contributed by atoms with Gasteiger partial charge >= 0.3 is 39.8 Å². The van der Waals surface area contributed by atoms with Crippen LogP contribution >= 0.6 is 0 Å². The number of rotatable bonds is 2. The largest absolute Gasteiger partial charge is 0.523 e. The van der Waals surface area contributed by atoms with Crippen LogP contribution in [0.5, 0.6) is 0 Å². The van der Waals surface area contributed by atoms with Crippen molar-refractivity contribution in [3.63, 3.8) is 0 Å². The van der Waals surface area contributed by atoms with Crippen LogP contribution in [0.2, 0.25) is 0 Å². The second-order valence-electron chi connectivity index (χ2n) is 3.16. The molecule has 0 aliphatic rings. The van der Waals surface area contributed by atoms with Crippen LogP contribution in [0, 0.1) is 0 Å². The summed E-state index contributed by atoms with van der Waals surface area (Å²) in [5.74, 6) is 0. The highest BCUT2D eigenvalue weighted by Gasteiger charge is 2.88. The summed E-state index contributed by atoms with van der Waals surface area (Å²) >= 11 is 0. The Balaban J connectivity index is 6.50. The average molecular weight is 368 g/mol. The van der Waals surface area contributed by atoms with E-state index in [0.717, 1.165) is 0 Å². The maximum Gasteiger partial charge on any atom is 0.523 e. The Morgan fingerprint density at radius 1 is 0.571 bits per heavy atom. The number of halogens is 12. The predicted octanol–water partition coefficient (Wildman–Crippen LogP) is 3.28. The summed E-state index contributed by atoms with van der Waals surface area (Å²) in [5.41, 5.74) is -14.5. The quantitative estimate of drug-likeness (QED) is 0.427. The fraction of sp³-hybridized carbons (Fsp3) is 1.00. The van der Waals surface area contributed by atoms with E-state index in [-0.39, 0.29) is 0 Å². The van der Waals surface area contributed by atoms with Gasteiger partial charge in [0.05, 0.1) is 0 Å². The molecule has 16 heteroatoms. The smallest absolute Gasteiger partial charge is 0.228 e. The maximum atomic E-state index is 12.1. The van der Waals surface area contributed by atoms with Gasteiger partial charge in [-0.1, -0.05) is 0 Å². The summed E-state index contributed by atoms with van der Waals surface area (Å²) in [4.78, 5) is 0. The average Bonchev–Trinajstić information content (AvgIpc) is 2.05. The van der Waals surface area contributed by atoms with Crippen LogP contribution in [0.3, 0.4) is 0 Å². The molecule has 0 fully saturated rings. The molecule has 0 radical (unpaired) electrons. The summed E-state index contributed by atoms with van der Waals surface area (Å²) in [6.45, 7) is 0. The molecule has 0 atom stereocenters. The Morgan fingerprint density at radius 2 is 0.810 bits per heavy atom. The maximum absolute atomic E-state index is 12.1. The van der Waals surface area contributed by atoms with Gasteiger partial charge in [-0.15, -0.1) is 0 Å². The minimum Gasteiger partial charge on any atom is -0.228 e. The lowest BCUT2D eigenvalue weighted by molar-refractivity contribution is -0.437. The van der Waals surface area contributed by atoms with E-state index < -0.39 is 39.8 Å². The third kappa shape index (κ3) is 3.29. The first-order valence-corrected chi connectivity index (χ1v) is 5.33. The van der Waals surface area contributed by atoms with Gasteiger partial charge < -0.3 is 0 Å². The van der Waals surface area contributed by atoms with Crippen molar-refractivity contribution >= 4 is 10.1 Å². The zero-order valence-electron chi connectivity index (χ0n) is 8.67. The van der Waals surface area contributed by atoms with Gasteiger partial charge in [0, 0.05) is 0 Å². The minimum absolute atomic E-state index is 1.56. The zero-order chi connectivity index (χ0) is 17.7. The van der Waals surface area contributed by atoms with E-state index in [9.17, 15) is 61.1 Å². The van der Waals surface area contributed by atoms with Crippen molar-refractivity contribution in [3.8, 4) is 0 Å². The van der Waals surface area contributed by atoms with Crippen LogP contribution < -0.4 is 0 Å². The molecular weight excluding hydrogens is 368 g/mol. The summed E-state index contributed by atoms with van der Waals surface area (Å²) in [7, 11) is -7.86. The van der Waals surface area contributed by atoms with E-state index in [1.54, 1.807) is 4.18 Å². The first-order valence-electron chi connectivity index (χ1n) is 3.93. The lowest BCUT2D eigenvalue weighted by Crippen LogP contribution is -2.68. The van der Waals surface area contributed by atoms with E-state index in [2.05, 4.69) is 0 Å². The summed E-state index contributed by atoms with van der Waals surface area (Å²) in [5, 5.41) is 0. The van der Waals surface area contributed by atoms with Gasteiger partial charge in [-0.2, -0.15) is 61.1 Å². The lowest BCUT2D eigenvalue weighted by atomic mass is 10.0. The van der Waals surface area contributed by atoms with Crippen LogP contribution in [0.1, 0.15) is 0 Å². The monoisotopic (exact) mass is 368 g/mol. The Hall–Kier alpha value is -0.930. The second-order valence-corrected chi connectivity index (χ2v) is 4.70. The first-order chi connectivity index (χ1) is 8.71. The molecule has 0 bridgehead atoms. The predicted molar refractivity (Wildman–Crippen MR) is 37.0 cm³/mol. The molecule has 0 aromatic rings. The highest BCUT2D eigenvalue weighted by molar-refractivity contribution is 7.87. The van der Waals surface area contributed by atoms with Crippen molar-refractivity contribution in [1.29, 1.82) is 0 Å². The lowest BCUT2D eigenvalue weighted by Gasteiger charge is -2.37. The Bertz CT molecular complexity index is 439. The molecule has 0 rings (SSSR count). The van der Waals surface area contributed by atoms with E-state index in [4.69, 9.17) is 0 Å². The van der Waals surface area contributed by atoms with Crippen molar-refractivity contribution in [2.24, 2.45) is 0 Å². The normalized spacial score (nSPS) is 16.2. The van der Waals surface area contributed by atoms with E-state index in [1.165, 1.54) is 0 Å². The molecular formula is C5F12O3S. The third-order valence-corrected chi connectivity index (χ3v) is 2.75. The molecule has 3 nitrogen and oxygen atoms in total. The van der Waals surface area contributed by atoms with Crippen LogP contribution in [0.4, 0.5) is 52.7 Å². The van der Waals surface area contributed by atoms with Gasteiger partial charge in [0.15, 0.2) is 0 Å². The molecule has 0 N–H and O–H groups in total. The van der Waals surface area contributed by atoms with Gasteiger partial charge in [-0.25, -0.2) is 4.18 Å². The van der Waals surface area contributed by atoms with Crippen molar-refractivity contribution in [1.82, 2.24) is 0 Å². The molecule has 0 saturated heterocycles. The van der Waals surface area contributed by atoms with Crippen LogP contribution in [0.25, 0.3) is 0 Å². The third-order valence-electron chi connectivity index (χ3n) is 1.72.